The van der Waals surface area contributed by atoms with Crippen molar-refractivity contribution in [2.24, 2.45) is 0 Å². The molecule has 0 saturated heterocycles. The molecule has 2 aromatic rings. The van der Waals surface area contributed by atoms with Crippen LogP contribution in [0.1, 0.15) is 37.0 Å². The van der Waals surface area contributed by atoms with Crippen LogP contribution >= 0.6 is 0 Å². The molecule has 8 nitrogen and oxygen atoms in total. The lowest BCUT2D eigenvalue weighted by molar-refractivity contribution is -0.0258. The molecule has 9 heteroatoms. The zero-order chi connectivity index (χ0) is 19.5. The molecular formula is C17H22N4O4S. The van der Waals surface area contributed by atoms with Crippen molar-refractivity contribution in [2.75, 3.05) is 19.5 Å². The Labute approximate surface area is 153 Å². The van der Waals surface area contributed by atoms with Crippen molar-refractivity contribution < 1.29 is 18.0 Å². The topological polar surface area (TPSA) is 101 Å². The average molecular weight is 378 g/mol. The number of nitrogens with zero attached hydrogens (tertiary/aromatic N) is 3. The smallest absolute Gasteiger partial charge is 0.264 e. The highest BCUT2D eigenvalue weighted by molar-refractivity contribution is 7.89. The minimum Gasteiger partial charge on any atom is -0.319 e. The monoisotopic (exact) mass is 378 g/mol. The number of carbonyl (C=O) groups excluding carboxylic acids is 1. The maximum Gasteiger partial charge on any atom is 0.264 e. The third-order valence-corrected chi connectivity index (χ3v) is 5.28. The molecule has 0 radical (unpaired) electrons. The number of benzene rings is 1. The van der Waals surface area contributed by atoms with Crippen molar-refractivity contribution in [3.8, 4) is 0 Å². The Morgan fingerprint density at radius 1 is 1.12 bits per heavy atom. The van der Waals surface area contributed by atoms with Crippen molar-refractivity contribution in [2.45, 2.75) is 31.1 Å². The molecule has 2 rings (SSSR count). The maximum absolute atomic E-state index is 12.3. The summed E-state index contributed by atoms with van der Waals surface area (Å²) in [6, 6.07) is 5.55. The first-order valence-corrected chi connectivity index (χ1v) is 9.26. The predicted octanol–water partition coefficient (Wildman–Crippen LogP) is 2.21. The summed E-state index contributed by atoms with van der Waals surface area (Å²) < 4.78 is 25.0. The summed E-state index contributed by atoms with van der Waals surface area (Å²) in [6.07, 6.45) is 3.08. The Kier molecular flexibility index (Phi) is 5.74. The maximum atomic E-state index is 12.3. The average Bonchev–Trinajstić information content (AvgIpc) is 2.60. The number of amides is 1. The molecule has 0 unspecified atom stereocenters. The zero-order valence-electron chi connectivity index (χ0n) is 15.3. The molecule has 0 aliphatic carbocycles. The van der Waals surface area contributed by atoms with Crippen LogP contribution in [0.5, 0.6) is 0 Å². The van der Waals surface area contributed by atoms with Gasteiger partial charge in [0.05, 0.1) is 30.1 Å². The number of hydrogen-bond donors (Lipinski definition) is 1. The molecule has 26 heavy (non-hydrogen) atoms. The quantitative estimate of drug-likeness (QED) is 0.801. The molecule has 1 aromatic heterocycles. The van der Waals surface area contributed by atoms with Crippen molar-refractivity contribution in [3.05, 3.63) is 48.0 Å². The fourth-order valence-electron chi connectivity index (χ4n) is 2.01. The van der Waals surface area contributed by atoms with E-state index in [9.17, 15) is 13.2 Å². The molecule has 0 bridgehead atoms. The van der Waals surface area contributed by atoms with E-state index < -0.39 is 10.0 Å². The molecule has 0 fully saturated rings. The van der Waals surface area contributed by atoms with E-state index in [2.05, 4.69) is 15.3 Å². The lowest BCUT2D eigenvalue weighted by atomic mass is 9.96. The molecule has 140 valence electrons. The lowest BCUT2D eigenvalue weighted by Gasteiger charge is -2.16. The summed E-state index contributed by atoms with van der Waals surface area (Å²) >= 11 is 0. The van der Waals surface area contributed by atoms with Gasteiger partial charge in [-0.15, -0.1) is 0 Å². The second-order valence-electron chi connectivity index (χ2n) is 6.62. The van der Waals surface area contributed by atoms with Crippen LogP contribution in [0.2, 0.25) is 0 Å². The third kappa shape index (κ3) is 4.43. The van der Waals surface area contributed by atoms with Crippen LogP contribution in [0.15, 0.2) is 41.6 Å². The second-order valence-corrected chi connectivity index (χ2v) is 8.56. The van der Waals surface area contributed by atoms with Gasteiger partial charge in [-0.2, -0.15) is 0 Å². The number of aromatic nitrogens is 2. The summed E-state index contributed by atoms with van der Waals surface area (Å²) in [7, 11) is -1.20. The van der Waals surface area contributed by atoms with Gasteiger partial charge in [0, 0.05) is 18.0 Å². The molecule has 1 heterocycles. The van der Waals surface area contributed by atoms with E-state index in [1.165, 1.54) is 50.8 Å². The van der Waals surface area contributed by atoms with E-state index in [4.69, 9.17) is 4.84 Å². The number of hydroxylamine groups is 1. The van der Waals surface area contributed by atoms with E-state index in [-0.39, 0.29) is 16.2 Å². The second kappa shape index (κ2) is 7.48. The Balaban J connectivity index is 2.13. The minimum atomic E-state index is -3.75. The molecule has 0 aliphatic rings. The fourth-order valence-corrected chi connectivity index (χ4v) is 2.98. The number of sulfonamides is 1. The number of anilines is 1. The van der Waals surface area contributed by atoms with Crippen molar-refractivity contribution in [1.82, 2.24) is 14.4 Å². The Morgan fingerprint density at radius 2 is 1.65 bits per heavy atom. The van der Waals surface area contributed by atoms with E-state index in [0.717, 1.165) is 4.47 Å². The van der Waals surface area contributed by atoms with Crippen LogP contribution < -0.4 is 5.32 Å². The summed E-state index contributed by atoms with van der Waals surface area (Å²) in [5.74, 6) is 0.286. The van der Waals surface area contributed by atoms with Gasteiger partial charge in [-0.05, 0) is 24.3 Å². The number of hydrogen-bond acceptors (Lipinski definition) is 6. The van der Waals surface area contributed by atoms with Gasteiger partial charge in [0.1, 0.15) is 5.82 Å². The van der Waals surface area contributed by atoms with Gasteiger partial charge in [0.15, 0.2) is 0 Å². The SMILES string of the molecule is CON(C)S(=O)(=O)c1ccc(C(=O)Nc2cnc(C(C)(C)C)nc2)cc1. The molecule has 0 spiro atoms. The minimum absolute atomic E-state index is 0.0243. The first kappa shape index (κ1) is 20.0. The standard InChI is InChI=1S/C17H22N4O4S/c1-17(2,3)16-18-10-13(11-19-16)20-15(22)12-6-8-14(9-7-12)26(23,24)21(4)25-5/h6-11H,1-5H3,(H,20,22). The molecule has 0 saturated carbocycles. The fraction of sp³-hybridized carbons (Fsp3) is 0.353. The highest BCUT2D eigenvalue weighted by Crippen LogP contribution is 2.19. The molecular weight excluding hydrogens is 356 g/mol. The van der Waals surface area contributed by atoms with Gasteiger partial charge < -0.3 is 5.32 Å². The highest BCUT2D eigenvalue weighted by Gasteiger charge is 2.21. The van der Waals surface area contributed by atoms with Crippen LogP contribution in [0.4, 0.5) is 5.69 Å². The van der Waals surface area contributed by atoms with Gasteiger partial charge in [-0.25, -0.2) is 18.4 Å². The molecule has 0 aliphatic heterocycles. The predicted molar refractivity (Wildman–Crippen MR) is 97.1 cm³/mol. The zero-order valence-corrected chi connectivity index (χ0v) is 16.2. The van der Waals surface area contributed by atoms with Gasteiger partial charge in [-0.1, -0.05) is 25.2 Å². The van der Waals surface area contributed by atoms with Crippen LogP contribution in [0, 0.1) is 0 Å². The lowest BCUT2D eigenvalue weighted by Crippen LogP contribution is -2.25. The van der Waals surface area contributed by atoms with Gasteiger partial charge in [-0.3, -0.25) is 9.63 Å². The molecule has 0 atom stereocenters. The van der Waals surface area contributed by atoms with E-state index in [0.29, 0.717) is 17.1 Å². The molecule has 1 N–H and O–H groups in total. The number of carbonyl (C=O) groups is 1. The van der Waals surface area contributed by atoms with Gasteiger partial charge >= 0.3 is 0 Å². The van der Waals surface area contributed by atoms with E-state index >= 15 is 0 Å². The van der Waals surface area contributed by atoms with Crippen molar-refractivity contribution in [1.29, 1.82) is 0 Å². The van der Waals surface area contributed by atoms with Crippen LogP contribution in [-0.4, -0.2) is 42.9 Å². The highest BCUT2D eigenvalue weighted by atomic mass is 32.2. The summed E-state index contributed by atoms with van der Waals surface area (Å²) in [6.45, 7) is 5.99. The van der Waals surface area contributed by atoms with E-state index in [1.54, 1.807) is 0 Å². The molecule has 1 aromatic carbocycles. The van der Waals surface area contributed by atoms with Crippen molar-refractivity contribution in [3.63, 3.8) is 0 Å². The van der Waals surface area contributed by atoms with Gasteiger partial charge in [0.25, 0.3) is 15.9 Å². The number of rotatable bonds is 5. The molecule has 1 amide bonds. The Hall–Kier alpha value is -2.36. The first-order chi connectivity index (χ1) is 12.1. The largest absolute Gasteiger partial charge is 0.319 e. The Bertz CT molecular complexity index is 872. The third-order valence-electron chi connectivity index (χ3n) is 3.59. The van der Waals surface area contributed by atoms with Crippen LogP contribution in [0.25, 0.3) is 0 Å². The van der Waals surface area contributed by atoms with Gasteiger partial charge in [0.2, 0.25) is 0 Å². The first-order valence-electron chi connectivity index (χ1n) is 7.82. The summed E-state index contributed by atoms with van der Waals surface area (Å²) in [5.41, 5.74) is 0.585. The normalized spacial score (nSPS) is 12.2. The summed E-state index contributed by atoms with van der Waals surface area (Å²) in [4.78, 5) is 25.5. The van der Waals surface area contributed by atoms with Crippen LogP contribution in [0.3, 0.4) is 0 Å². The van der Waals surface area contributed by atoms with Crippen molar-refractivity contribution >= 4 is 21.6 Å². The Morgan fingerprint density at radius 3 is 2.12 bits per heavy atom. The number of nitrogens with one attached hydrogen (secondary N) is 1. The summed E-state index contributed by atoms with van der Waals surface area (Å²) in [5, 5.41) is 2.68. The van der Waals surface area contributed by atoms with E-state index in [1.807, 2.05) is 20.8 Å². The van der Waals surface area contributed by atoms with Crippen LogP contribution in [-0.2, 0) is 20.3 Å².